The minimum atomic E-state index is -3.89. The van der Waals surface area contributed by atoms with Crippen LogP contribution in [0, 0.1) is 0 Å². The predicted octanol–water partition coefficient (Wildman–Crippen LogP) is 4.68. The van der Waals surface area contributed by atoms with Gasteiger partial charge in [-0.1, -0.05) is 41.9 Å². The molecule has 1 saturated heterocycles. The minimum absolute atomic E-state index is 0.0761. The Kier molecular flexibility index (Phi) is 7.17. The van der Waals surface area contributed by atoms with Gasteiger partial charge in [-0.15, -0.1) is 0 Å². The van der Waals surface area contributed by atoms with Gasteiger partial charge in [0.2, 0.25) is 0 Å². The van der Waals surface area contributed by atoms with Gasteiger partial charge in [-0.2, -0.15) is 0 Å². The standard InChI is InChI=1S/C27H24ClN5O4S/c28-22-7-1-2-8-23(22)30-27(35)33-17-15-32(16-18-33)26(34)20-10-12-21(13-11-20)31-38(36,37)24-9-3-5-19-6-4-14-29-25(19)24/h1-14,31H,15-18H2,(H,30,35). The van der Waals surface area contributed by atoms with Crippen molar-refractivity contribution in [2.24, 2.45) is 0 Å². The number of anilines is 2. The second-order valence-electron chi connectivity index (χ2n) is 8.70. The summed E-state index contributed by atoms with van der Waals surface area (Å²) in [6, 6.07) is 21.5. The molecule has 9 nitrogen and oxygen atoms in total. The third-order valence-electron chi connectivity index (χ3n) is 6.24. The maximum Gasteiger partial charge on any atom is 0.322 e. The number of sulfonamides is 1. The number of hydrogen-bond acceptors (Lipinski definition) is 5. The normalized spacial score (nSPS) is 13.8. The van der Waals surface area contributed by atoms with Crippen molar-refractivity contribution in [2.45, 2.75) is 4.90 Å². The van der Waals surface area contributed by atoms with E-state index in [-0.39, 0.29) is 16.8 Å². The minimum Gasteiger partial charge on any atom is -0.335 e. The second kappa shape index (κ2) is 10.7. The van der Waals surface area contributed by atoms with Gasteiger partial charge in [-0.05, 0) is 48.5 Å². The molecule has 0 saturated carbocycles. The Morgan fingerprint density at radius 3 is 2.24 bits per heavy atom. The lowest BCUT2D eigenvalue weighted by Gasteiger charge is -2.34. The average Bonchev–Trinajstić information content (AvgIpc) is 2.94. The van der Waals surface area contributed by atoms with E-state index in [9.17, 15) is 18.0 Å². The highest BCUT2D eigenvalue weighted by molar-refractivity contribution is 7.93. The number of piperazine rings is 1. The van der Waals surface area contributed by atoms with Gasteiger partial charge < -0.3 is 15.1 Å². The topological polar surface area (TPSA) is 112 Å². The summed E-state index contributed by atoms with van der Waals surface area (Å²) in [5.74, 6) is -0.191. The molecule has 2 heterocycles. The van der Waals surface area contributed by atoms with E-state index in [1.807, 2.05) is 0 Å². The van der Waals surface area contributed by atoms with E-state index >= 15 is 0 Å². The smallest absolute Gasteiger partial charge is 0.322 e. The quantitative estimate of drug-likeness (QED) is 0.375. The molecule has 3 amide bonds. The number of pyridine rings is 1. The van der Waals surface area contributed by atoms with E-state index in [4.69, 9.17) is 11.6 Å². The molecule has 0 bridgehead atoms. The van der Waals surface area contributed by atoms with Gasteiger partial charge in [-0.3, -0.25) is 14.5 Å². The lowest BCUT2D eigenvalue weighted by Crippen LogP contribution is -2.51. The van der Waals surface area contributed by atoms with Crippen LogP contribution in [0.1, 0.15) is 10.4 Å². The number of amides is 3. The fourth-order valence-corrected chi connectivity index (χ4v) is 5.66. The Hall–Kier alpha value is -4.15. The first kappa shape index (κ1) is 25.5. The number of nitrogens with zero attached hydrogens (tertiary/aromatic N) is 3. The van der Waals surface area contributed by atoms with E-state index in [0.29, 0.717) is 53.7 Å². The summed E-state index contributed by atoms with van der Waals surface area (Å²) in [5, 5.41) is 3.97. The van der Waals surface area contributed by atoms with Crippen LogP contribution in [0.3, 0.4) is 0 Å². The SMILES string of the molecule is O=C(Nc1ccccc1Cl)N1CCN(C(=O)c2ccc(NS(=O)(=O)c3cccc4cccnc34)cc2)CC1. The molecule has 3 aromatic carbocycles. The largest absolute Gasteiger partial charge is 0.335 e. The molecule has 194 valence electrons. The Balaban J connectivity index is 1.20. The number of para-hydroxylation sites is 2. The number of fused-ring (bicyclic) bond motifs is 1. The number of carbonyl (C=O) groups is 2. The lowest BCUT2D eigenvalue weighted by atomic mass is 10.1. The van der Waals surface area contributed by atoms with Crippen molar-refractivity contribution in [2.75, 3.05) is 36.2 Å². The van der Waals surface area contributed by atoms with Crippen molar-refractivity contribution in [3.63, 3.8) is 0 Å². The molecule has 1 aromatic heterocycles. The maximum atomic E-state index is 13.0. The Morgan fingerprint density at radius 2 is 1.50 bits per heavy atom. The first-order valence-corrected chi connectivity index (χ1v) is 13.7. The van der Waals surface area contributed by atoms with Crippen molar-refractivity contribution in [3.05, 3.63) is 95.6 Å². The third-order valence-corrected chi connectivity index (χ3v) is 7.98. The monoisotopic (exact) mass is 549 g/mol. The van der Waals surface area contributed by atoms with Crippen molar-refractivity contribution in [3.8, 4) is 0 Å². The predicted molar refractivity (Wildman–Crippen MR) is 147 cm³/mol. The molecule has 4 aromatic rings. The number of urea groups is 1. The van der Waals surface area contributed by atoms with Crippen molar-refractivity contribution in [1.82, 2.24) is 14.8 Å². The van der Waals surface area contributed by atoms with Gasteiger partial charge in [0.15, 0.2) is 0 Å². The molecular formula is C27H24ClN5O4S. The first-order chi connectivity index (χ1) is 18.3. The van der Waals surface area contributed by atoms with E-state index in [1.54, 1.807) is 88.8 Å². The van der Waals surface area contributed by atoms with Crippen LogP contribution in [-0.4, -0.2) is 61.3 Å². The highest BCUT2D eigenvalue weighted by Gasteiger charge is 2.25. The molecule has 1 aliphatic heterocycles. The molecule has 0 unspecified atom stereocenters. The van der Waals surface area contributed by atoms with Crippen LogP contribution < -0.4 is 10.0 Å². The van der Waals surface area contributed by atoms with E-state index in [1.165, 1.54) is 6.07 Å². The summed E-state index contributed by atoms with van der Waals surface area (Å²) in [6.45, 7) is 1.49. The van der Waals surface area contributed by atoms with E-state index in [0.717, 1.165) is 5.39 Å². The van der Waals surface area contributed by atoms with Crippen molar-refractivity contribution < 1.29 is 18.0 Å². The molecule has 0 atom stereocenters. The molecule has 1 aliphatic rings. The van der Waals surface area contributed by atoms with Gasteiger partial charge in [0, 0.05) is 49.0 Å². The lowest BCUT2D eigenvalue weighted by molar-refractivity contribution is 0.0671. The number of hydrogen-bond donors (Lipinski definition) is 2. The molecular weight excluding hydrogens is 526 g/mol. The number of aromatic nitrogens is 1. The molecule has 1 fully saturated rings. The van der Waals surface area contributed by atoms with Crippen LogP contribution in [0.4, 0.5) is 16.2 Å². The zero-order valence-corrected chi connectivity index (χ0v) is 21.7. The molecule has 2 N–H and O–H groups in total. The Morgan fingerprint density at radius 1 is 0.816 bits per heavy atom. The molecule has 0 radical (unpaired) electrons. The van der Waals surface area contributed by atoms with Crippen LogP contribution in [0.2, 0.25) is 5.02 Å². The summed E-state index contributed by atoms with van der Waals surface area (Å²) in [6.07, 6.45) is 1.55. The highest BCUT2D eigenvalue weighted by atomic mass is 35.5. The average molecular weight is 550 g/mol. The third kappa shape index (κ3) is 5.41. The van der Waals surface area contributed by atoms with Crippen LogP contribution >= 0.6 is 11.6 Å². The van der Waals surface area contributed by atoms with Crippen LogP contribution in [-0.2, 0) is 10.0 Å². The summed E-state index contributed by atoms with van der Waals surface area (Å²) < 4.78 is 28.6. The van der Waals surface area contributed by atoms with Crippen LogP contribution in [0.5, 0.6) is 0 Å². The molecule has 0 aliphatic carbocycles. The number of rotatable bonds is 5. The maximum absolute atomic E-state index is 13.0. The zero-order valence-electron chi connectivity index (χ0n) is 20.2. The highest BCUT2D eigenvalue weighted by Crippen LogP contribution is 2.24. The van der Waals surface area contributed by atoms with Crippen LogP contribution in [0.15, 0.2) is 90.0 Å². The summed E-state index contributed by atoms with van der Waals surface area (Å²) in [4.78, 5) is 33.2. The van der Waals surface area contributed by atoms with Gasteiger partial charge in [0.05, 0.1) is 16.2 Å². The summed E-state index contributed by atoms with van der Waals surface area (Å²) in [5.41, 5.74) is 1.67. The van der Waals surface area contributed by atoms with Gasteiger partial charge in [0.25, 0.3) is 15.9 Å². The number of halogens is 1. The van der Waals surface area contributed by atoms with E-state index < -0.39 is 10.0 Å². The van der Waals surface area contributed by atoms with Crippen molar-refractivity contribution >= 4 is 55.8 Å². The molecule has 11 heteroatoms. The first-order valence-electron chi connectivity index (χ1n) is 11.9. The summed E-state index contributed by atoms with van der Waals surface area (Å²) >= 11 is 6.11. The molecule has 5 rings (SSSR count). The molecule has 38 heavy (non-hydrogen) atoms. The Bertz CT molecular complexity index is 1600. The number of benzene rings is 3. The Labute approximate surface area is 225 Å². The van der Waals surface area contributed by atoms with Gasteiger partial charge in [-0.25, -0.2) is 13.2 Å². The van der Waals surface area contributed by atoms with E-state index in [2.05, 4.69) is 15.0 Å². The van der Waals surface area contributed by atoms with Gasteiger partial charge >= 0.3 is 6.03 Å². The second-order valence-corrected chi connectivity index (χ2v) is 10.8. The summed E-state index contributed by atoms with van der Waals surface area (Å²) in [7, 11) is -3.89. The number of nitrogens with one attached hydrogen (secondary N) is 2. The van der Waals surface area contributed by atoms with Crippen molar-refractivity contribution in [1.29, 1.82) is 0 Å². The zero-order chi connectivity index (χ0) is 26.7. The van der Waals surface area contributed by atoms with Crippen LogP contribution in [0.25, 0.3) is 10.9 Å². The van der Waals surface area contributed by atoms with Gasteiger partial charge in [0.1, 0.15) is 4.90 Å². The molecule has 0 spiro atoms. The fraction of sp³-hybridized carbons (Fsp3) is 0.148. The number of carbonyl (C=O) groups excluding carboxylic acids is 2. The fourth-order valence-electron chi connectivity index (χ4n) is 4.24.